The number of nitrogens with zero attached hydrogens (tertiary/aromatic N) is 5. The van der Waals surface area contributed by atoms with Crippen molar-refractivity contribution in [1.82, 2.24) is 19.8 Å². The molecule has 0 spiro atoms. The van der Waals surface area contributed by atoms with E-state index in [1.807, 2.05) is 11.0 Å². The molecule has 186 valence electrons. The van der Waals surface area contributed by atoms with Crippen molar-refractivity contribution in [2.75, 3.05) is 25.4 Å². The van der Waals surface area contributed by atoms with Crippen LogP contribution in [0.5, 0.6) is 0 Å². The van der Waals surface area contributed by atoms with Crippen molar-refractivity contribution in [1.29, 1.82) is 5.26 Å². The van der Waals surface area contributed by atoms with Crippen molar-refractivity contribution in [3.8, 4) is 6.07 Å². The lowest BCUT2D eigenvalue weighted by Crippen LogP contribution is -2.38. The van der Waals surface area contributed by atoms with E-state index in [2.05, 4.69) is 22.6 Å². The number of rotatable bonds is 10. The van der Waals surface area contributed by atoms with Gasteiger partial charge in [0.05, 0.1) is 35.9 Å². The summed E-state index contributed by atoms with van der Waals surface area (Å²) in [5.41, 5.74) is 1.01. The van der Waals surface area contributed by atoms with E-state index in [1.165, 1.54) is 23.1 Å². The molecular weight excluding hydrogens is 494 g/mol. The Bertz CT molecular complexity index is 1230. The van der Waals surface area contributed by atoms with Gasteiger partial charge in [-0.3, -0.25) is 9.59 Å². The van der Waals surface area contributed by atoms with Gasteiger partial charge in [-0.2, -0.15) is 5.26 Å². The van der Waals surface area contributed by atoms with Crippen LogP contribution < -0.4 is 0 Å². The average Bonchev–Trinajstić information content (AvgIpc) is 3.62. The van der Waals surface area contributed by atoms with Gasteiger partial charge in [-0.15, -0.1) is 29.7 Å². The van der Waals surface area contributed by atoms with Crippen LogP contribution in [0.15, 0.2) is 64.2 Å². The van der Waals surface area contributed by atoms with E-state index in [9.17, 15) is 9.59 Å². The summed E-state index contributed by atoms with van der Waals surface area (Å²) in [4.78, 5) is 38.8. The van der Waals surface area contributed by atoms with Crippen molar-refractivity contribution >= 4 is 34.9 Å². The minimum atomic E-state index is -0.210. The summed E-state index contributed by atoms with van der Waals surface area (Å²) in [6, 6.07) is 9.29. The van der Waals surface area contributed by atoms with Crippen molar-refractivity contribution in [2.45, 2.75) is 36.8 Å². The number of carbonyl (C=O) groups excluding carboxylic acids is 2. The summed E-state index contributed by atoms with van der Waals surface area (Å²) in [7, 11) is 0. The Kier molecular flexibility index (Phi) is 8.92. The number of nitriles is 1. The van der Waals surface area contributed by atoms with Crippen molar-refractivity contribution in [2.24, 2.45) is 0 Å². The van der Waals surface area contributed by atoms with Gasteiger partial charge in [0, 0.05) is 42.9 Å². The van der Waals surface area contributed by atoms with Crippen LogP contribution in [0.4, 0.5) is 0 Å². The first-order valence-corrected chi connectivity index (χ1v) is 13.6. The minimum Gasteiger partial charge on any atom is -0.467 e. The van der Waals surface area contributed by atoms with Gasteiger partial charge in [0.2, 0.25) is 0 Å². The van der Waals surface area contributed by atoms with E-state index < -0.39 is 0 Å². The van der Waals surface area contributed by atoms with Crippen LogP contribution in [0, 0.1) is 11.3 Å². The number of aromatic nitrogens is 2. The Morgan fingerprint density at radius 1 is 1.33 bits per heavy atom. The zero-order valence-electron chi connectivity index (χ0n) is 19.8. The summed E-state index contributed by atoms with van der Waals surface area (Å²) >= 11 is 2.98. The van der Waals surface area contributed by atoms with E-state index in [0.717, 1.165) is 22.9 Å². The lowest BCUT2D eigenvalue weighted by molar-refractivity contribution is 0.0708. The van der Waals surface area contributed by atoms with Crippen molar-refractivity contribution in [3.05, 3.63) is 76.8 Å². The maximum absolute atomic E-state index is 13.2. The molecule has 0 bridgehead atoms. The Balaban J connectivity index is 1.38. The Hall–Kier alpha value is -3.42. The summed E-state index contributed by atoms with van der Waals surface area (Å²) < 4.78 is 5.38. The number of likely N-dealkylation sites (tertiary alicyclic amines) is 1. The highest BCUT2D eigenvalue weighted by Crippen LogP contribution is 2.32. The second kappa shape index (κ2) is 12.5. The maximum atomic E-state index is 13.2. The summed E-state index contributed by atoms with van der Waals surface area (Å²) in [6.45, 7) is 5.59. The number of furan rings is 1. The first kappa shape index (κ1) is 25.7. The SMILES string of the molecule is C=CCSc1ncccc1C(=O)N1CCC(c2nc(C(=O)N(CCC#N)Cc3ccco3)cs2)CC1. The molecule has 1 aliphatic heterocycles. The largest absolute Gasteiger partial charge is 0.467 e. The molecule has 2 amide bonds. The normalized spacial score (nSPS) is 13.8. The highest BCUT2D eigenvalue weighted by Gasteiger charge is 2.29. The summed E-state index contributed by atoms with van der Waals surface area (Å²) in [5, 5.41) is 12.4. The molecule has 0 N–H and O–H groups in total. The summed E-state index contributed by atoms with van der Waals surface area (Å²) in [6.07, 6.45) is 6.87. The van der Waals surface area contributed by atoms with Crippen LogP contribution in [0.2, 0.25) is 0 Å². The van der Waals surface area contributed by atoms with Gasteiger partial charge in [-0.1, -0.05) is 6.08 Å². The van der Waals surface area contributed by atoms with E-state index in [4.69, 9.17) is 9.68 Å². The Morgan fingerprint density at radius 2 is 2.17 bits per heavy atom. The molecule has 3 aromatic rings. The molecular formula is C26H27N5O3S2. The van der Waals surface area contributed by atoms with Gasteiger partial charge in [0.15, 0.2) is 0 Å². The predicted octanol–water partition coefficient (Wildman–Crippen LogP) is 4.99. The van der Waals surface area contributed by atoms with Crippen LogP contribution in [0.25, 0.3) is 0 Å². The van der Waals surface area contributed by atoms with E-state index in [-0.39, 0.29) is 24.2 Å². The third-order valence-electron chi connectivity index (χ3n) is 5.92. The van der Waals surface area contributed by atoms with Gasteiger partial charge >= 0.3 is 0 Å². The van der Waals surface area contributed by atoms with Crippen molar-refractivity contribution < 1.29 is 14.0 Å². The smallest absolute Gasteiger partial charge is 0.273 e. The molecule has 0 aliphatic carbocycles. The van der Waals surface area contributed by atoms with Gasteiger partial charge < -0.3 is 14.2 Å². The number of pyridine rings is 1. The highest BCUT2D eigenvalue weighted by molar-refractivity contribution is 7.99. The van der Waals surface area contributed by atoms with E-state index in [0.29, 0.717) is 48.9 Å². The maximum Gasteiger partial charge on any atom is 0.273 e. The summed E-state index contributed by atoms with van der Waals surface area (Å²) in [5.74, 6) is 1.34. The molecule has 1 saturated heterocycles. The topological polar surface area (TPSA) is 103 Å². The van der Waals surface area contributed by atoms with E-state index in [1.54, 1.807) is 47.0 Å². The fourth-order valence-corrected chi connectivity index (χ4v) is 5.76. The van der Waals surface area contributed by atoms with Gasteiger partial charge in [-0.05, 0) is 37.1 Å². The van der Waals surface area contributed by atoms with Crippen LogP contribution in [-0.2, 0) is 6.54 Å². The fourth-order valence-electron chi connectivity index (χ4n) is 4.07. The molecule has 0 aromatic carbocycles. The number of amides is 2. The monoisotopic (exact) mass is 521 g/mol. The number of hydrogen-bond donors (Lipinski definition) is 0. The molecule has 8 nitrogen and oxygen atoms in total. The van der Waals surface area contributed by atoms with Crippen LogP contribution >= 0.6 is 23.1 Å². The van der Waals surface area contributed by atoms with Crippen LogP contribution in [0.3, 0.4) is 0 Å². The number of carbonyl (C=O) groups is 2. The molecule has 36 heavy (non-hydrogen) atoms. The Labute approximate surface area is 218 Å². The molecule has 0 saturated carbocycles. The van der Waals surface area contributed by atoms with Gasteiger partial charge in [-0.25, -0.2) is 9.97 Å². The van der Waals surface area contributed by atoms with Gasteiger partial charge in [0.25, 0.3) is 11.8 Å². The number of thiazole rings is 1. The lowest BCUT2D eigenvalue weighted by Gasteiger charge is -2.31. The molecule has 0 radical (unpaired) electrons. The number of thioether (sulfide) groups is 1. The molecule has 3 aromatic heterocycles. The second-order valence-corrected chi connectivity index (χ2v) is 10.2. The third kappa shape index (κ3) is 6.22. The molecule has 0 unspecified atom stereocenters. The lowest BCUT2D eigenvalue weighted by atomic mass is 9.97. The Morgan fingerprint density at radius 3 is 2.89 bits per heavy atom. The highest BCUT2D eigenvalue weighted by atomic mass is 32.2. The molecule has 4 rings (SSSR count). The molecule has 1 aliphatic rings. The standard InChI is InChI=1S/C26H27N5O3S2/c1-2-16-35-24-21(7-3-11-28-24)25(32)30-13-8-19(9-14-30)23-29-22(18-36-23)26(33)31(12-5-10-27)17-20-6-4-15-34-20/h2-4,6-7,11,15,18-19H,1,5,8-9,12-14,16-17H2. The minimum absolute atomic E-state index is 0.00539. The quantitative estimate of drug-likeness (QED) is 0.274. The molecule has 4 heterocycles. The number of piperidine rings is 1. The molecule has 10 heteroatoms. The van der Waals surface area contributed by atoms with Crippen LogP contribution in [-0.4, -0.2) is 57.0 Å². The number of hydrogen-bond acceptors (Lipinski definition) is 8. The zero-order valence-corrected chi connectivity index (χ0v) is 21.5. The van der Waals surface area contributed by atoms with E-state index >= 15 is 0 Å². The fraction of sp³-hybridized carbons (Fsp3) is 0.346. The molecule has 1 fully saturated rings. The zero-order chi connectivity index (χ0) is 25.3. The average molecular weight is 522 g/mol. The third-order valence-corrected chi connectivity index (χ3v) is 7.93. The first-order chi connectivity index (χ1) is 17.6. The molecule has 0 atom stereocenters. The predicted molar refractivity (Wildman–Crippen MR) is 139 cm³/mol. The van der Waals surface area contributed by atoms with Crippen molar-refractivity contribution in [3.63, 3.8) is 0 Å². The van der Waals surface area contributed by atoms with Crippen LogP contribution in [0.1, 0.15) is 56.8 Å². The van der Waals surface area contributed by atoms with Gasteiger partial charge in [0.1, 0.15) is 16.5 Å². The first-order valence-electron chi connectivity index (χ1n) is 11.7. The second-order valence-electron chi connectivity index (χ2n) is 8.31.